The first-order chi connectivity index (χ1) is 5.83. The molecule has 1 aromatic carbocycles. The minimum absolute atomic E-state index is 0.465. The van der Waals surface area contributed by atoms with E-state index in [-0.39, 0.29) is 0 Å². The topological polar surface area (TPSA) is 3.24 Å². The van der Waals surface area contributed by atoms with Crippen molar-refractivity contribution < 1.29 is 0 Å². The van der Waals surface area contributed by atoms with E-state index in [9.17, 15) is 0 Å². The molecule has 0 fully saturated rings. The third-order valence-electron chi connectivity index (χ3n) is 2.00. The van der Waals surface area contributed by atoms with E-state index in [1.807, 2.05) is 0 Å². The van der Waals surface area contributed by atoms with Crippen LogP contribution in [0.3, 0.4) is 0 Å². The van der Waals surface area contributed by atoms with Gasteiger partial charge in [0.25, 0.3) is 0 Å². The summed E-state index contributed by atoms with van der Waals surface area (Å²) in [4.78, 5) is 2.30. The van der Waals surface area contributed by atoms with Gasteiger partial charge in [-0.15, -0.1) is 0 Å². The molecular weight excluding hydrogens is 213 g/mol. The van der Waals surface area contributed by atoms with Gasteiger partial charge < -0.3 is 0 Å². The van der Waals surface area contributed by atoms with E-state index in [1.54, 1.807) is 0 Å². The molecule has 62 valence electrons. The Labute approximate surface area is 79.2 Å². The monoisotopic (exact) mass is 225 g/mol. The minimum atomic E-state index is 0.465. The Balaban J connectivity index is 2.47. The first-order valence-corrected chi connectivity index (χ1v) is 5.77. The summed E-state index contributed by atoms with van der Waals surface area (Å²) in [5.41, 5.74) is 1.37. The third kappa shape index (κ3) is 1.08. The number of rotatable bonds is 1. The zero-order valence-electron chi connectivity index (χ0n) is 7.08. The maximum absolute atomic E-state index is 4.07. The molecule has 0 saturated heterocycles. The first kappa shape index (κ1) is 7.90. The summed E-state index contributed by atoms with van der Waals surface area (Å²) >= 11 is 0.465. The van der Waals surface area contributed by atoms with Gasteiger partial charge in [-0.05, 0) is 0 Å². The molecule has 0 radical (unpaired) electrons. The average Bonchev–Trinajstić information content (AvgIpc) is 2.40. The van der Waals surface area contributed by atoms with Crippen molar-refractivity contribution in [2.45, 2.75) is 6.92 Å². The number of hydrogen-bond donors (Lipinski definition) is 0. The summed E-state index contributed by atoms with van der Waals surface area (Å²) in [6.45, 7) is 7.28. The Morgan fingerprint density at radius 2 is 2.17 bits per heavy atom. The normalized spacial score (nSPS) is 15.1. The number of para-hydroxylation sites is 1. The summed E-state index contributed by atoms with van der Waals surface area (Å²) < 4.78 is 2.75. The van der Waals surface area contributed by atoms with Crippen molar-refractivity contribution in [1.29, 1.82) is 0 Å². The van der Waals surface area contributed by atoms with Crippen molar-refractivity contribution >= 4 is 25.1 Å². The molecule has 1 heterocycles. The van der Waals surface area contributed by atoms with Crippen molar-refractivity contribution in [3.05, 3.63) is 35.4 Å². The standard InChI is InChI=1S/C10H11NSe/c1-3-11-8(2)12-10-7-5-4-6-9(10)11/h4-7H,2-3H2,1H3. The van der Waals surface area contributed by atoms with Gasteiger partial charge in [-0.1, -0.05) is 0 Å². The molecule has 0 aromatic heterocycles. The molecule has 2 rings (SSSR count). The third-order valence-corrected chi connectivity index (χ3v) is 4.14. The number of fused-ring (bicyclic) bond motifs is 1. The van der Waals surface area contributed by atoms with Crippen LogP contribution in [-0.2, 0) is 0 Å². The molecule has 1 nitrogen and oxygen atoms in total. The molecule has 1 aliphatic rings. The van der Waals surface area contributed by atoms with Crippen LogP contribution in [0.25, 0.3) is 0 Å². The van der Waals surface area contributed by atoms with Crippen LogP contribution in [0.4, 0.5) is 5.69 Å². The molecule has 12 heavy (non-hydrogen) atoms. The van der Waals surface area contributed by atoms with Crippen molar-refractivity contribution in [3.8, 4) is 0 Å². The van der Waals surface area contributed by atoms with Crippen LogP contribution in [0.15, 0.2) is 35.4 Å². The van der Waals surface area contributed by atoms with Gasteiger partial charge in [0.2, 0.25) is 0 Å². The molecule has 2 heteroatoms. The van der Waals surface area contributed by atoms with Gasteiger partial charge in [-0.2, -0.15) is 0 Å². The van der Waals surface area contributed by atoms with E-state index < -0.39 is 0 Å². The first-order valence-electron chi connectivity index (χ1n) is 4.06. The number of anilines is 1. The molecule has 0 spiro atoms. The van der Waals surface area contributed by atoms with Gasteiger partial charge in [-0.3, -0.25) is 0 Å². The van der Waals surface area contributed by atoms with E-state index in [2.05, 4.69) is 42.7 Å². The van der Waals surface area contributed by atoms with Gasteiger partial charge in [0, 0.05) is 0 Å². The van der Waals surface area contributed by atoms with E-state index in [0.717, 1.165) is 6.54 Å². The van der Waals surface area contributed by atoms with Crippen molar-refractivity contribution in [2.75, 3.05) is 11.4 Å². The van der Waals surface area contributed by atoms with Crippen LogP contribution >= 0.6 is 0 Å². The zero-order valence-corrected chi connectivity index (χ0v) is 8.79. The summed E-state index contributed by atoms with van der Waals surface area (Å²) in [5, 5.41) is 0. The fraction of sp³-hybridized carbons (Fsp3) is 0.200. The number of hydrogen-bond acceptors (Lipinski definition) is 1. The van der Waals surface area contributed by atoms with E-state index >= 15 is 0 Å². The Hall–Kier alpha value is -0.721. The zero-order chi connectivity index (χ0) is 8.55. The molecule has 0 aliphatic carbocycles. The second-order valence-corrected chi connectivity index (χ2v) is 5.05. The van der Waals surface area contributed by atoms with Crippen LogP contribution < -0.4 is 9.36 Å². The number of nitrogens with zero attached hydrogens (tertiary/aromatic N) is 1. The van der Waals surface area contributed by atoms with Gasteiger partial charge >= 0.3 is 78.9 Å². The molecule has 1 aliphatic heterocycles. The molecule has 0 unspecified atom stereocenters. The molecule has 0 bridgehead atoms. The van der Waals surface area contributed by atoms with E-state index in [4.69, 9.17) is 0 Å². The molecule has 1 aromatic rings. The molecule has 0 saturated carbocycles. The average molecular weight is 224 g/mol. The van der Waals surface area contributed by atoms with E-state index in [1.165, 1.54) is 14.7 Å². The van der Waals surface area contributed by atoms with Crippen molar-refractivity contribution in [3.63, 3.8) is 0 Å². The maximum atomic E-state index is 4.07. The predicted molar refractivity (Wildman–Crippen MR) is 54.0 cm³/mol. The van der Waals surface area contributed by atoms with Crippen molar-refractivity contribution in [2.24, 2.45) is 0 Å². The SMILES string of the molecule is C=C1[Se]c2ccccc2N1CC. The summed E-state index contributed by atoms with van der Waals surface area (Å²) in [5.74, 6) is 0. The van der Waals surface area contributed by atoms with Gasteiger partial charge in [0.15, 0.2) is 0 Å². The van der Waals surface area contributed by atoms with Crippen molar-refractivity contribution in [1.82, 2.24) is 0 Å². The van der Waals surface area contributed by atoms with Crippen LogP contribution in [0, 0.1) is 0 Å². The fourth-order valence-corrected chi connectivity index (χ4v) is 3.57. The Bertz CT molecular complexity index is 319. The Morgan fingerprint density at radius 1 is 1.42 bits per heavy atom. The number of benzene rings is 1. The molecule has 0 amide bonds. The second-order valence-electron chi connectivity index (χ2n) is 2.71. The predicted octanol–water partition coefficient (Wildman–Crippen LogP) is 1.33. The quantitative estimate of drug-likeness (QED) is 0.650. The van der Waals surface area contributed by atoms with E-state index in [0.29, 0.717) is 15.0 Å². The van der Waals surface area contributed by atoms with Gasteiger partial charge in [0.1, 0.15) is 0 Å². The second kappa shape index (κ2) is 2.96. The van der Waals surface area contributed by atoms with Crippen LogP contribution in [-0.4, -0.2) is 21.5 Å². The Kier molecular flexibility index (Phi) is 1.95. The summed E-state index contributed by atoms with van der Waals surface area (Å²) in [6.07, 6.45) is 0. The van der Waals surface area contributed by atoms with Gasteiger partial charge in [0.05, 0.1) is 0 Å². The molecule has 0 atom stereocenters. The molecular formula is C10H11NSe. The van der Waals surface area contributed by atoms with Gasteiger partial charge in [-0.25, -0.2) is 0 Å². The molecule has 0 N–H and O–H groups in total. The fourth-order valence-electron chi connectivity index (χ4n) is 1.43. The van der Waals surface area contributed by atoms with Crippen LogP contribution in [0.1, 0.15) is 6.92 Å². The summed E-state index contributed by atoms with van der Waals surface area (Å²) in [6, 6.07) is 8.58. The van der Waals surface area contributed by atoms with Crippen LogP contribution in [0.2, 0.25) is 0 Å². The van der Waals surface area contributed by atoms with Crippen LogP contribution in [0.5, 0.6) is 0 Å². The summed E-state index contributed by atoms with van der Waals surface area (Å²) in [7, 11) is 0. The Morgan fingerprint density at radius 3 is 2.92 bits per heavy atom.